The number of aryl methyl sites for hydroxylation is 1. The van der Waals surface area contributed by atoms with E-state index in [0.717, 1.165) is 24.1 Å². The predicted octanol–water partition coefficient (Wildman–Crippen LogP) is 2.52. The zero-order valence-corrected chi connectivity index (χ0v) is 14.1. The molecule has 0 unspecified atom stereocenters. The number of rotatable bonds is 2. The van der Waals surface area contributed by atoms with Crippen LogP contribution in [0.5, 0.6) is 0 Å². The molecule has 1 saturated heterocycles. The Kier molecular flexibility index (Phi) is 4.04. The summed E-state index contributed by atoms with van der Waals surface area (Å²) < 4.78 is 0. The molecule has 0 saturated carbocycles. The molecule has 0 atom stereocenters. The van der Waals surface area contributed by atoms with Crippen molar-refractivity contribution in [3.8, 4) is 0 Å². The Morgan fingerprint density at radius 2 is 1.96 bits per heavy atom. The van der Waals surface area contributed by atoms with E-state index in [9.17, 15) is 9.59 Å². The molecule has 2 amide bonds. The number of piperidine rings is 1. The van der Waals surface area contributed by atoms with Crippen LogP contribution in [0.4, 0.5) is 5.69 Å². The highest BCUT2D eigenvalue weighted by atomic mass is 16.2. The van der Waals surface area contributed by atoms with Crippen LogP contribution in [0.15, 0.2) is 18.2 Å². The Hall–Kier alpha value is -2.04. The lowest BCUT2D eigenvalue weighted by Crippen LogP contribution is -2.62. The molecule has 1 spiro atoms. The van der Waals surface area contributed by atoms with Crippen LogP contribution in [0.2, 0.25) is 0 Å². The van der Waals surface area contributed by atoms with Gasteiger partial charge in [-0.3, -0.25) is 9.59 Å². The van der Waals surface area contributed by atoms with Crippen molar-refractivity contribution in [2.24, 2.45) is 5.92 Å². The molecule has 2 N–H and O–H groups in total. The molecule has 124 valence electrons. The highest BCUT2D eigenvalue weighted by molar-refractivity contribution is 6.02. The number of nitrogens with one attached hydrogen (secondary N) is 2. The maximum absolute atomic E-state index is 12.4. The van der Waals surface area contributed by atoms with Crippen molar-refractivity contribution < 1.29 is 9.59 Å². The van der Waals surface area contributed by atoms with Gasteiger partial charge in [-0.1, -0.05) is 26.0 Å². The number of nitrogens with zero attached hydrogens (tertiary/aromatic N) is 1. The standard InChI is InChI=1S/C18H25N3O2/c1-12(2)11-15(22)21-9-7-18(8-10-21)19-16-13(3)5-4-6-14(16)17(23)20-18/h4-6,12,19H,7-11H2,1-3H3,(H,20,23). The molecule has 1 fully saturated rings. The number of carbonyl (C=O) groups excluding carboxylic acids is 2. The summed E-state index contributed by atoms with van der Waals surface area (Å²) in [4.78, 5) is 26.6. The second-order valence-electron chi connectivity index (χ2n) is 7.14. The number of anilines is 1. The third kappa shape index (κ3) is 3.05. The van der Waals surface area contributed by atoms with E-state index < -0.39 is 5.66 Å². The van der Waals surface area contributed by atoms with E-state index in [-0.39, 0.29) is 11.8 Å². The summed E-state index contributed by atoms with van der Waals surface area (Å²) in [6.07, 6.45) is 2.06. The van der Waals surface area contributed by atoms with Crippen LogP contribution in [0.3, 0.4) is 0 Å². The minimum absolute atomic E-state index is 0.0237. The molecule has 2 heterocycles. The summed E-state index contributed by atoms with van der Waals surface area (Å²) >= 11 is 0. The Morgan fingerprint density at radius 3 is 2.61 bits per heavy atom. The van der Waals surface area contributed by atoms with Crippen molar-refractivity contribution in [2.45, 2.75) is 45.7 Å². The van der Waals surface area contributed by atoms with Crippen LogP contribution in [-0.4, -0.2) is 35.5 Å². The number of fused-ring (bicyclic) bond motifs is 1. The van der Waals surface area contributed by atoms with E-state index in [2.05, 4.69) is 24.5 Å². The summed E-state index contributed by atoms with van der Waals surface area (Å²) in [6.45, 7) is 7.50. The molecule has 1 aromatic carbocycles. The van der Waals surface area contributed by atoms with Gasteiger partial charge in [0.15, 0.2) is 0 Å². The summed E-state index contributed by atoms with van der Waals surface area (Å²) in [5.74, 6) is 0.568. The average molecular weight is 315 g/mol. The van der Waals surface area contributed by atoms with Crippen molar-refractivity contribution in [1.82, 2.24) is 10.2 Å². The van der Waals surface area contributed by atoms with Crippen LogP contribution >= 0.6 is 0 Å². The third-order valence-electron chi connectivity index (χ3n) is 4.79. The zero-order chi connectivity index (χ0) is 16.6. The minimum atomic E-state index is -0.426. The molecule has 5 heteroatoms. The van der Waals surface area contributed by atoms with Crippen LogP contribution in [-0.2, 0) is 4.79 Å². The molecule has 0 aromatic heterocycles. The van der Waals surface area contributed by atoms with Crippen molar-refractivity contribution in [2.75, 3.05) is 18.4 Å². The lowest BCUT2D eigenvalue weighted by Gasteiger charge is -2.46. The number of amides is 2. The van der Waals surface area contributed by atoms with E-state index in [1.165, 1.54) is 0 Å². The lowest BCUT2D eigenvalue weighted by atomic mass is 9.91. The van der Waals surface area contributed by atoms with Crippen molar-refractivity contribution in [1.29, 1.82) is 0 Å². The van der Waals surface area contributed by atoms with Gasteiger partial charge in [-0.25, -0.2) is 0 Å². The monoisotopic (exact) mass is 315 g/mol. The molecular weight excluding hydrogens is 290 g/mol. The van der Waals surface area contributed by atoms with Crippen LogP contribution in [0.1, 0.15) is 49.0 Å². The largest absolute Gasteiger partial charge is 0.362 e. The molecule has 2 aliphatic heterocycles. The van der Waals surface area contributed by atoms with Crippen LogP contribution in [0.25, 0.3) is 0 Å². The van der Waals surface area contributed by atoms with Gasteiger partial charge in [0.1, 0.15) is 5.66 Å². The normalized spacial score (nSPS) is 19.3. The van der Waals surface area contributed by atoms with E-state index in [4.69, 9.17) is 0 Å². The van der Waals surface area contributed by atoms with E-state index in [1.54, 1.807) is 0 Å². The number of benzene rings is 1. The van der Waals surface area contributed by atoms with Gasteiger partial charge >= 0.3 is 0 Å². The number of hydrogen-bond donors (Lipinski definition) is 2. The molecule has 0 aliphatic carbocycles. The smallest absolute Gasteiger partial charge is 0.255 e. The number of hydrogen-bond acceptors (Lipinski definition) is 3. The first-order valence-electron chi connectivity index (χ1n) is 8.38. The fraction of sp³-hybridized carbons (Fsp3) is 0.556. The van der Waals surface area contributed by atoms with Gasteiger partial charge in [0, 0.05) is 32.4 Å². The number of likely N-dealkylation sites (tertiary alicyclic amines) is 1. The molecule has 0 bridgehead atoms. The molecule has 2 aliphatic rings. The Morgan fingerprint density at radius 1 is 1.26 bits per heavy atom. The van der Waals surface area contributed by atoms with Gasteiger partial charge < -0.3 is 15.5 Å². The fourth-order valence-electron chi connectivity index (χ4n) is 3.44. The van der Waals surface area contributed by atoms with Gasteiger partial charge in [-0.15, -0.1) is 0 Å². The average Bonchev–Trinajstić information content (AvgIpc) is 2.48. The highest BCUT2D eigenvalue weighted by Gasteiger charge is 2.41. The Bertz CT molecular complexity index is 631. The number of para-hydroxylation sites is 1. The summed E-state index contributed by atoms with van der Waals surface area (Å²) in [7, 11) is 0. The molecule has 5 nitrogen and oxygen atoms in total. The third-order valence-corrected chi connectivity index (χ3v) is 4.79. The van der Waals surface area contributed by atoms with Crippen molar-refractivity contribution in [3.63, 3.8) is 0 Å². The van der Waals surface area contributed by atoms with Crippen molar-refractivity contribution >= 4 is 17.5 Å². The summed E-state index contributed by atoms with van der Waals surface area (Å²) in [5.41, 5.74) is 2.28. The number of carbonyl (C=O) groups is 2. The first-order valence-corrected chi connectivity index (χ1v) is 8.38. The summed E-state index contributed by atoms with van der Waals surface area (Å²) in [6, 6.07) is 5.76. The predicted molar refractivity (Wildman–Crippen MR) is 90.3 cm³/mol. The molecule has 23 heavy (non-hydrogen) atoms. The van der Waals surface area contributed by atoms with Gasteiger partial charge in [0.25, 0.3) is 5.91 Å². The van der Waals surface area contributed by atoms with Crippen LogP contribution < -0.4 is 10.6 Å². The van der Waals surface area contributed by atoms with Gasteiger partial charge in [-0.05, 0) is 24.5 Å². The Balaban J connectivity index is 1.73. The second-order valence-corrected chi connectivity index (χ2v) is 7.14. The van der Waals surface area contributed by atoms with Crippen molar-refractivity contribution in [3.05, 3.63) is 29.3 Å². The van der Waals surface area contributed by atoms with E-state index in [0.29, 0.717) is 31.0 Å². The highest BCUT2D eigenvalue weighted by Crippen LogP contribution is 2.33. The first-order chi connectivity index (χ1) is 10.9. The molecule has 3 rings (SSSR count). The maximum Gasteiger partial charge on any atom is 0.255 e. The zero-order valence-electron chi connectivity index (χ0n) is 14.1. The van der Waals surface area contributed by atoms with Gasteiger partial charge in [-0.2, -0.15) is 0 Å². The SMILES string of the molecule is Cc1cccc2c1NC1(CCN(C(=O)CC(C)C)CC1)NC2=O. The molecule has 0 radical (unpaired) electrons. The second kappa shape index (κ2) is 5.87. The molecular formula is C18H25N3O2. The lowest BCUT2D eigenvalue weighted by molar-refractivity contribution is -0.133. The Labute approximate surface area is 137 Å². The minimum Gasteiger partial charge on any atom is -0.362 e. The quantitative estimate of drug-likeness (QED) is 0.881. The van der Waals surface area contributed by atoms with E-state index in [1.807, 2.05) is 30.0 Å². The summed E-state index contributed by atoms with van der Waals surface area (Å²) in [5, 5.41) is 6.67. The first kappa shape index (κ1) is 15.8. The van der Waals surface area contributed by atoms with E-state index >= 15 is 0 Å². The molecule has 1 aromatic rings. The van der Waals surface area contributed by atoms with Gasteiger partial charge in [0.05, 0.1) is 11.3 Å². The topological polar surface area (TPSA) is 61.4 Å². The van der Waals surface area contributed by atoms with Gasteiger partial charge in [0.2, 0.25) is 5.91 Å². The van der Waals surface area contributed by atoms with Crippen LogP contribution in [0, 0.1) is 12.8 Å². The fourth-order valence-corrected chi connectivity index (χ4v) is 3.44. The maximum atomic E-state index is 12.4.